The molecule has 0 N–H and O–H groups in total. The summed E-state index contributed by atoms with van der Waals surface area (Å²) in [4.78, 5) is 1.51. The van der Waals surface area contributed by atoms with Gasteiger partial charge >= 0.3 is 0 Å². The molecule has 1 atom stereocenters. The lowest BCUT2D eigenvalue weighted by molar-refractivity contribution is 0.508. The van der Waals surface area contributed by atoms with Crippen LogP contribution in [0.15, 0.2) is 41.4 Å². The number of fused-ring (bicyclic) bond motifs is 1. The van der Waals surface area contributed by atoms with Gasteiger partial charge in [-0.25, -0.2) is 0 Å². The fraction of sp³-hybridized carbons (Fsp3) is 0.333. The number of aromatic nitrogens is 3. The van der Waals surface area contributed by atoms with Gasteiger partial charge < -0.3 is 0 Å². The number of benzene rings is 1. The van der Waals surface area contributed by atoms with Crippen LogP contribution in [0.1, 0.15) is 29.3 Å². The van der Waals surface area contributed by atoms with Crippen LogP contribution in [-0.4, -0.2) is 14.8 Å². The van der Waals surface area contributed by atoms with Crippen LogP contribution in [-0.2, 0) is 25.1 Å². The zero-order valence-corrected chi connectivity index (χ0v) is 18.8. The van der Waals surface area contributed by atoms with Crippen molar-refractivity contribution in [3.05, 3.63) is 62.3 Å². The van der Waals surface area contributed by atoms with Crippen molar-refractivity contribution in [1.29, 1.82) is 0 Å². The molecule has 1 unspecified atom stereocenters. The highest BCUT2D eigenvalue weighted by atomic mass is 35.5. The van der Waals surface area contributed by atoms with Gasteiger partial charge in [-0.2, -0.15) is 0 Å². The number of nitrogens with zero attached hydrogens (tertiary/aromatic N) is 3. The van der Waals surface area contributed by atoms with Gasteiger partial charge in [-0.1, -0.05) is 54.0 Å². The van der Waals surface area contributed by atoms with Gasteiger partial charge in [-0.15, -0.1) is 28.1 Å². The minimum atomic E-state index is 0.573. The van der Waals surface area contributed by atoms with E-state index in [1.165, 1.54) is 28.8 Å². The highest BCUT2D eigenvalue weighted by molar-refractivity contribution is 7.98. The van der Waals surface area contributed by atoms with Crippen LogP contribution in [0.5, 0.6) is 0 Å². The highest BCUT2D eigenvalue weighted by Gasteiger charge is 2.24. The van der Waals surface area contributed by atoms with E-state index in [0.717, 1.165) is 34.6 Å². The normalized spacial score (nSPS) is 16.2. The molecule has 28 heavy (non-hydrogen) atoms. The van der Waals surface area contributed by atoms with Crippen LogP contribution >= 0.6 is 46.3 Å². The van der Waals surface area contributed by atoms with Gasteiger partial charge in [-0.3, -0.25) is 4.57 Å². The van der Waals surface area contributed by atoms with Gasteiger partial charge in [0.05, 0.1) is 10.0 Å². The van der Waals surface area contributed by atoms with E-state index in [4.69, 9.17) is 23.2 Å². The van der Waals surface area contributed by atoms with E-state index in [9.17, 15) is 0 Å². The first-order valence-corrected chi connectivity index (χ1v) is 11.9. The van der Waals surface area contributed by atoms with Crippen LogP contribution in [0.25, 0.3) is 11.4 Å². The number of rotatable bonds is 6. The molecular formula is C21H21Cl2N3S2. The molecule has 2 aromatic heterocycles. The molecule has 0 radical (unpaired) electrons. The summed E-state index contributed by atoms with van der Waals surface area (Å²) in [6, 6.07) is 5.73. The molecule has 0 fully saturated rings. The van der Waals surface area contributed by atoms with Crippen LogP contribution in [0.4, 0.5) is 0 Å². The maximum absolute atomic E-state index is 6.14. The largest absolute Gasteiger partial charge is 0.298 e. The van der Waals surface area contributed by atoms with E-state index in [1.54, 1.807) is 11.8 Å². The van der Waals surface area contributed by atoms with Crippen LogP contribution in [0.2, 0.25) is 10.0 Å². The summed E-state index contributed by atoms with van der Waals surface area (Å²) in [6.45, 7) is 6.94. The second-order valence-electron chi connectivity index (χ2n) is 7.14. The van der Waals surface area contributed by atoms with Crippen molar-refractivity contribution in [2.45, 2.75) is 43.6 Å². The summed E-state index contributed by atoms with van der Waals surface area (Å²) in [6.07, 6.45) is 5.44. The summed E-state index contributed by atoms with van der Waals surface area (Å²) >= 11 is 15.7. The van der Waals surface area contributed by atoms with Gasteiger partial charge in [-0.05, 0) is 48.4 Å². The molecule has 1 aromatic carbocycles. The predicted molar refractivity (Wildman–Crippen MR) is 121 cm³/mol. The number of allylic oxidation sites excluding steroid dienone is 1. The third kappa shape index (κ3) is 4.04. The smallest absolute Gasteiger partial charge is 0.192 e. The predicted octanol–water partition coefficient (Wildman–Crippen LogP) is 6.92. The first-order chi connectivity index (χ1) is 13.6. The monoisotopic (exact) mass is 449 g/mol. The summed E-state index contributed by atoms with van der Waals surface area (Å²) in [5.41, 5.74) is 3.81. The molecule has 1 aliphatic carbocycles. The van der Waals surface area contributed by atoms with Crippen LogP contribution < -0.4 is 0 Å². The molecule has 0 aliphatic heterocycles. The Labute approximate surface area is 183 Å². The first-order valence-electron chi connectivity index (χ1n) is 9.27. The molecule has 3 aromatic rings. The molecule has 1 aliphatic rings. The fourth-order valence-corrected chi connectivity index (χ4v) is 5.98. The summed E-state index contributed by atoms with van der Waals surface area (Å²) in [7, 11) is 0. The number of thiophene rings is 1. The van der Waals surface area contributed by atoms with E-state index in [1.807, 2.05) is 35.6 Å². The van der Waals surface area contributed by atoms with Crippen molar-refractivity contribution in [3.63, 3.8) is 0 Å². The Morgan fingerprint density at radius 1 is 1.32 bits per heavy atom. The van der Waals surface area contributed by atoms with Gasteiger partial charge in [0.15, 0.2) is 11.0 Å². The Morgan fingerprint density at radius 3 is 2.96 bits per heavy atom. The number of hydrogen-bond donors (Lipinski definition) is 0. The van der Waals surface area contributed by atoms with Gasteiger partial charge in [0, 0.05) is 28.1 Å². The Balaban J connectivity index is 1.61. The summed E-state index contributed by atoms with van der Waals surface area (Å²) < 4.78 is 2.16. The quantitative estimate of drug-likeness (QED) is 0.302. The van der Waals surface area contributed by atoms with E-state index < -0.39 is 0 Å². The van der Waals surface area contributed by atoms with E-state index in [-0.39, 0.29) is 0 Å². The molecular weight excluding hydrogens is 429 g/mol. The minimum absolute atomic E-state index is 0.573. The molecule has 2 heterocycles. The third-order valence-electron chi connectivity index (χ3n) is 5.02. The van der Waals surface area contributed by atoms with Gasteiger partial charge in [0.2, 0.25) is 0 Å². The molecule has 0 bridgehead atoms. The molecule has 0 saturated carbocycles. The average molecular weight is 450 g/mol. The SMILES string of the molecule is C=CCn1c(SCc2ccc(Cl)c(Cl)c2)nnc1-c1csc2c1CCC(C)C2. The molecule has 4 rings (SSSR count). The lowest BCUT2D eigenvalue weighted by atomic mass is 9.88. The molecule has 3 nitrogen and oxygen atoms in total. The maximum Gasteiger partial charge on any atom is 0.192 e. The molecule has 0 amide bonds. The zero-order chi connectivity index (χ0) is 19.7. The van der Waals surface area contributed by atoms with Gasteiger partial charge in [0.1, 0.15) is 0 Å². The lowest BCUT2D eigenvalue weighted by Crippen LogP contribution is -2.10. The number of halogens is 2. The Kier molecular flexibility index (Phi) is 6.16. The third-order valence-corrected chi connectivity index (χ3v) is 7.85. The Morgan fingerprint density at radius 2 is 2.18 bits per heavy atom. The van der Waals surface area contributed by atoms with Crippen LogP contribution in [0, 0.1) is 5.92 Å². The van der Waals surface area contributed by atoms with Crippen molar-refractivity contribution >= 4 is 46.3 Å². The van der Waals surface area contributed by atoms with E-state index in [0.29, 0.717) is 16.6 Å². The minimum Gasteiger partial charge on any atom is -0.298 e. The highest BCUT2D eigenvalue weighted by Crippen LogP contribution is 2.38. The van der Waals surface area contributed by atoms with Gasteiger partial charge in [0.25, 0.3) is 0 Å². The van der Waals surface area contributed by atoms with E-state index >= 15 is 0 Å². The number of hydrogen-bond acceptors (Lipinski definition) is 4. The summed E-state index contributed by atoms with van der Waals surface area (Å²) in [5.74, 6) is 2.47. The van der Waals surface area contributed by atoms with Crippen molar-refractivity contribution in [3.8, 4) is 11.4 Å². The van der Waals surface area contributed by atoms with Crippen molar-refractivity contribution < 1.29 is 0 Å². The molecule has 0 saturated heterocycles. The van der Waals surface area contributed by atoms with Crippen molar-refractivity contribution in [1.82, 2.24) is 14.8 Å². The molecule has 146 valence electrons. The second-order valence-corrected chi connectivity index (χ2v) is 9.86. The Hall–Kier alpha value is -1.27. The second kappa shape index (κ2) is 8.62. The lowest BCUT2D eigenvalue weighted by Gasteiger charge is -2.19. The summed E-state index contributed by atoms with van der Waals surface area (Å²) in [5, 5.41) is 13.3. The van der Waals surface area contributed by atoms with Crippen molar-refractivity contribution in [2.24, 2.45) is 5.92 Å². The maximum atomic E-state index is 6.14. The standard InChI is InChI=1S/C21H21Cl2N3S2/c1-3-8-26-20(16-12-27-19-9-13(2)4-6-15(16)19)24-25-21(26)28-11-14-5-7-17(22)18(23)10-14/h3,5,7,10,12-13H,1,4,6,8-9,11H2,2H3. The first kappa shape index (κ1) is 20.0. The number of thioether (sulfide) groups is 1. The molecule has 7 heteroatoms. The average Bonchev–Trinajstić information content (AvgIpc) is 3.26. The topological polar surface area (TPSA) is 30.7 Å². The molecule has 0 spiro atoms. The Bertz CT molecular complexity index is 1010. The van der Waals surface area contributed by atoms with E-state index in [2.05, 4.69) is 33.6 Å². The van der Waals surface area contributed by atoms with Crippen molar-refractivity contribution in [2.75, 3.05) is 0 Å². The van der Waals surface area contributed by atoms with Crippen LogP contribution in [0.3, 0.4) is 0 Å². The fourth-order valence-electron chi connectivity index (χ4n) is 3.53. The zero-order valence-electron chi connectivity index (χ0n) is 15.6.